The normalized spacial score (nSPS) is 18.4. The van der Waals surface area contributed by atoms with Crippen LogP contribution < -0.4 is 0 Å². The van der Waals surface area contributed by atoms with Crippen molar-refractivity contribution in [3.63, 3.8) is 0 Å². The molecule has 21 heavy (non-hydrogen) atoms. The van der Waals surface area contributed by atoms with E-state index in [0.717, 1.165) is 19.6 Å². The zero-order valence-electron chi connectivity index (χ0n) is 14.4. The molecule has 1 aliphatic rings. The van der Waals surface area contributed by atoms with Gasteiger partial charge in [-0.05, 0) is 12.8 Å². The van der Waals surface area contributed by atoms with E-state index < -0.39 is 0 Å². The monoisotopic (exact) mass is 298 g/mol. The number of rotatable bonds is 15. The van der Waals surface area contributed by atoms with Gasteiger partial charge in [-0.3, -0.25) is 0 Å². The van der Waals surface area contributed by atoms with Crippen molar-refractivity contribution in [2.75, 3.05) is 13.2 Å². The molecular weight excluding hydrogens is 260 g/mol. The molecule has 126 valence electrons. The molecule has 1 aliphatic heterocycles. The SMILES string of the molecule is CCCCCCCCCCCCCCCOC1CCCO1. The van der Waals surface area contributed by atoms with E-state index in [4.69, 9.17) is 9.47 Å². The molecule has 0 aromatic carbocycles. The topological polar surface area (TPSA) is 18.5 Å². The van der Waals surface area contributed by atoms with Crippen LogP contribution in [0.25, 0.3) is 0 Å². The summed E-state index contributed by atoms with van der Waals surface area (Å²) in [4.78, 5) is 0. The number of hydrogen-bond donors (Lipinski definition) is 0. The minimum Gasteiger partial charge on any atom is -0.353 e. The molecule has 0 aliphatic carbocycles. The third kappa shape index (κ3) is 12.2. The molecule has 1 heterocycles. The lowest BCUT2D eigenvalue weighted by atomic mass is 10.0. The van der Waals surface area contributed by atoms with Crippen molar-refractivity contribution in [1.29, 1.82) is 0 Å². The van der Waals surface area contributed by atoms with Crippen LogP contribution in [-0.4, -0.2) is 19.5 Å². The summed E-state index contributed by atoms with van der Waals surface area (Å²) in [7, 11) is 0. The van der Waals surface area contributed by atoms with E-state index in [-0.39, 0.29) is 6.29 Å². The van der Waals surface area contributed by atoms with Gasteiger partial charge in [-0.1, -0.05) is 84.0 Å². The first-order valence-electron chi connectivity index (χ1n) is 9.66. The lowest BCUT2D eigenvalue weighted by Gasteiger charge is -2.10. The summed E-state index contributed by atoms with van der Waals surface area (Å²) in [6, 6.07) is 0. The van der Waals surface area contributed by atoms with E-state index in [1.54, 1.807) is 0 Å². The highest BCUT2D eigenvalue weighted by Crippen LogP contribution is 2.15. The second kappa shape index (κ2) is 14.8. The van der Waals surface area contributed by atoms with Crippen LogP contribution >= 0.6 is 0 Å². The van der Waals surface area contributed by atoms with Crippen molar-refractivity contribution in [3.8, 4) is 0 Å². The van der Waals surface area contributed by atoms with Gasteiger partial charge in [0.25, 0.3) is 0 Å². The van der Waals surface area contributed by atoms with E-state index in [1.165, 1.54) is 89.9 Å². The molecule has 0 saturated carbocycles. The molecule has 1 rings (SSSR count). The minimum atomic E-state index is 0.113. The molecule has 0 amide bonds. The Hall–Kier alpha value is -0.0800. The van der Waals surface area contributed by atoms with E-state index in [1.807, 2.05) is 0 Å². The van der Waals surface area contributed by atoms with Crippen LogP contribution in [0.3, 0.4) is 0 Å². The highest BCUT2D eigenvalue weighted by atomic mass is 16.7. The number of hydrogen-bond acceptors (Lipinski definition) is 2. The standard InChI is InChI=1S/C19H38O2/c1-2-3-4-5-6-7-8-9-10-11-12-13-14-17-20-19-16-15-18-21-19/h19H,2-18H2,1H3. The van der Waals surface area contributed by atoms with E-state index in [2.05, 4.69) is 6.92 Å². The van der Waals surface area contributed by atoms with Gasteiger partial charge in [-0.25, -0.2) is 0 Å². The largest absolute Gasteiger partial charge is 0.353 e. The molecule has 0 bridgehead atoms. The van der Waals surface area contributed by atoms with Crippen molar-refractivity contribution in [2.24, 2.45) is 0 Å². The average molecular weight is 299 g/mol. The van der Waals surface area contributed by atoms with Crippen molar-refractivity contribution in [2.45, 2.75) is 110 Å². The lowest BCUT2D eigenvalue weighted by Crippen LogP contribution is -2.11. The van der Waals surface area contributed by atoms with Gasteiger partial charge in [0.15, 0.2) is 6.29 Å². The van der Waals surface area contributed by atoms with Gasteiger partial charge in [0.05, 0.1) is 0 Å². The van der Waals surface area contributed by atoms with Crippen molar-refractivity contribution >= 4 is 0 Å². The Morgan fingerprint density at radius 1 is 0.762 bits per heavy atom. The van der Waals surface area contributed by atoms with Gasteiger partial charge in [0.1, 0.15) is 0 Å². The summed E-state index contributed by atoms with van der Waals surface area (Å²) >= 11 is 0. The zero-order valence-corrected chi connectivity index (χ0v) is 14.4. The van der Waals surface area contributed by atoms with E-state index in [9.17, 15) is 0 Å². The quantitative estimate of drug-likeness (QED) is 0.334. The third-order valence-electron chi connectivity index (χ3n) is 4.44. The second-order valence-electron chi connectivity index (χ2n) is 6.56. The summed E-state index contributed by atoms with van der Waals surface area (Å²) in [6.45, 7) is 4.07. The molecule has 1 unspecified atom stereocenters. The Morgan fingerprint density at radius 2 is 1.29 bits per heavy atom. The Morgan fingerprint density at radius 3 is 1.76 bits per heavy atom. The Labute approximate surface area is 133 Å². The Balaban J connectivity index is 1.65. The van der Waals surface area contributed by atoms with Gasteiger partial charge < -0.3 is 9.47 Å². The fourth-order valence-corrected chi connectivity index (χ4v) is 3.01. The predicted octanol–water partition coefficient (Wildman–Crippen LogP) is 6.23. The first-order valence-corrected chi connectivity index (χ1v) is 9.66. The van der Waals surface area contributed by atoms with Gasteiger partial charge in [0, 0.05) is 19.6 Å². The van der Waals surface area contributed by atoms with E-state index in [0.29, 0.717) is 0 Å². The number of unbranched alkanes of at least 4 members (excludes halogenated alkanes) is 12. The molecule has 1 saturated heterocycles. The van der Waals surface area contributed by atoms with Crippen molar-refractivity contribution in [1.82, 2.24) is 0 Å². The highest BCUT2D eigenvalue weighted by Gasteiger charge is 2.14. The van der Waals surface area contributed by atoms with Crippen molar-refractivity contribution in [3.05, 3.63) is 0 Å². The predicted molar refractivity (Wildman–Crippen MR) is 90.6 cm³/mol. The Kier molecular flexibility index (Phi) is 13.4. The fourth-order valence-electron chi connectivity index (χ4n) is 3.01. The Bertz CT molecular complexity index is 200. The van der Waals surface area contributed by atoms with Crippen LogP contribution in [0.5, 0.6) is 0 Å². The molecule has 0 radical (unpaired) electrons. The van der Waals surface area contributed by atoms with Crippen LogP contribution in [0.4, 0.5) is 0 Å². The van der Waals surface area contributed by atoms with Gasteiger partial charge in [-0.2, -0.15) is 0 Å². The summed E-state index contributed by atoms with van der Waals surface area (Å²) in [5.74, 6) is 0. The van der Waals surface area contributed by atoms with E-state index >= 15 is 0 Å². The molecule has 0 aromatic heterocycles. The second-order valence-corrected chi connectivity index (χ2v) is 6.56. The molecule has 0 N–H and O–H groups in total. The van der Waals surface area contributed by atoms with Crippen LogP contribution in [0.15, 0.2) is 0 Å². The highest BCUT2D eigenvalue weighted by molar-refractivity contribution is 4.54. The smallest absolute Gasteiger partial charge is 0.157 e. The maximum absolute atomic E-state index is 5.68. The maximum Gasteiger partial charge on any atom is 0.157 e. The van der Waals surface area contributed by atoms with Gasteiger partial charge >= 0.3 is 0 Å². The molecule has 1 fully saturated rings. The average Bonchev–Trinajstić information content (AvgIpc) is 3.01. The first-order chi connectivity index (χ1) is 10.4. The third-order valence-corrected chi connectivity index (χ3v) is 4.44. The summed E-state index contributed by atoms with van der Waals surface area (Å²) in [5.41, 5.74) is 0. The molecule has 0 spiro atoms. The van der Waals surface area contributed by atoms with Crippen LogP contribution in [0.2, 0.25) is 0 Å². The van der Waals surface area contributed by atoms with Crippen molar-refractivity contribution < 1.29 is 9.47 Å². The van der Waals surface area contributed by atoms with Gasteiger partial charge in [0.2, 0.25) is 0 Å². The first kappa shape index (κ1) is 19.0. The zero-order chi connectivity index (χ0) is 15.0. The molecular formula is C19H38O2. The van der Waals surface area contributed by atoms with Crippen LogP contribution in [0.1, 0.15) is 103 Å². The lowest BCUT2D eigenvalue weighted by molar-refractivity contribution is -0.111. The summed E-state index contributed by atoms with van der Waals surface area (Å²) in [6.07, 6.45) is 20.6. The number of ether oxygens (including phenoxy) is 2. The summed E-state index contributed by atoms with van der Waals surface area (Å²) < 4.78 is 11.1. The molecule has 2 nitrogen and oxygen atoms in total. The molecule has 2 heteroatoms. The van der Waals surface area contributed by atoms with Crippen LogP contribution in [-0.2, 0) is 9.47 Å². The molecule has 0 aromatic rings. The van der Waals surface area contributed by atoms with Gasteiger partial charge in [-0.15, -0.1) is 0 Å². The minimum absolute atomic E-state index is 0.113. The van der Waals surface area contributed by atoms with Crippen LogP contribution in [0, 0.1) is 0 Å². The summed E-state index contributed by atoms with van der Waals surface area (Å²) in [5, 5.41) is 0. The fraction of sp³-hybridized carbons (Fsp3) is 1.00. The maximum atomic E-state index is 5.68. The molecule has 1 atom stereocenters.